The zero-order valence-corrected chi connectivity index (χ0v) is 10.9. The van der Waals surface area contributed by atoms with Crippen molar-refractivity contribution in [3.8, 4) is 5.75 Å². The summed E-state index contributed by atoms with van der Waals surface area (Å²) in [6.45, 7) is 3.44. The molecule has 0 aliphatic heterocycles. The molecule has 2 N–H and O–H groups in total. The van der Waals surface area contributed by atoms with Crippen LogP contribution in [0.15, 0.2) is 18.2 Å². The van der Waals surface area contributed by atoms with Crippen LogP contribution in [0.4, 0.5) is 11.4 Å². The second-order valence-electron chi connectivity index (χ2n) is 4.34. The summed E-state index contributed by atoms with van der Waals surface area (Å²) < 4.78 is 4.98. The van der Waals surface area contributed by atoms with E-state index >= 15 is 0 Å². The summed E-state index contributed by atoms with van der Waals surface area (Å²) >= 11 is 0. The summed E-state index contributed by atoms with van der Waals surface area (Å²) in [5.74, 6) is -0.864. The van der Waals surface area contributed by atoms with Crippen molar-refractivity contribution >= 4 is 17.3 Å². The minimum absolute atomic E-state index is 0.130. The Morgan fingerprint density at radius 1 is 1.47 bits per heavy atom. The van der Waals surface area contributed by atoms with Crippen molar-refractivity contribution in [2.45, 2.75) is 19.9 Å². The van der Waals surface area contributed by atoms with Gasteiger partial charge in [0.15, 0.2) is 0 Å². The van der Waals surface area contributed by atoms with Crippen molar-refractivity contribution in [3.63, 3.8) is 0 Å². The van der Waals surface area contributed by atoms with Gasteiger partial charge in [-0.3, -0.25) is 10.1 Å². The Bertz CT molecular complexity index is 487. The lowest BCUT2D eigenvalue weighted by molar-refractivity contribution is -0.384. The van der Waals surface area contributed by atoms with Gasteiger partial charge in [-0.05, 0) is 12.0 Å². The third-order valence-corrected chi connectivity index (χ3v) is 2.64. The third kappa shape index (κ3) is 3.57. The van der Waals surface area contributed by atoms with Crippen molar-refractivity contribution in [1.82, 2.24) is 0 Å². The average Bonchev–Trinajstić information content (AvgIpc) is 2.34. The zero-order valence-electron chi connectivity index (χ0n) is 10.9. The SMILES string of the molecule is COc1ccc([N+](=O)[O-])c(NC(C(=O)O)C(C)C)c1. The van der Waals surface area contributed by atoms with Crippen molar-refractivity contribution in [1.29, 1.82) is 0 Å². The maximum atomic E-state index is 11.1. The first-order valence-corrected chi connectivity index (χ1v) is 5.68. The molecule has 1 rings (SSSR count). The minimum Gasteiger partial charge on any atom is -0.497 e. The number of aliphatic carboxylic acids is 1. The van der Waals surface area contributed by atoms with Crippen molar-refractivity contribution in [2.24, 2.45) is 5.92 Å². The molecule has 19 heavy (non-hydrogen) atoms. The molecule has 0 fully saturated rings. The third-order valence-electron chi connectivity index (χ3n) is 2.64. The Hall–Kier alpha value is -2.31. The average molecular weight is 268 g/mol. The molecule has 1 aromatic carbocycles. The van der Waals surface area contributed by atoms with Gasteiger partial charge in [-0.1, -0.05) is 13.8 Å². The fourth-order valence-corrected chi connectivity index (χ4v) is 1.60. The van der Waals surface area contributed by atoms with Gasteiger partial charge in [-0.15, -0.1) is 0 Å². The Kier molecular flexibility index (Phi) is 4.68. The predicted molar refractivity (Wildman–Crippen MR) is 69.5 cm³/mol. The molecule has 1 atom stereocenters. The number of rotatable bonds is 6. The fraction of sp³-hybridized carbons (Fsp3) is 0.417. The second kappa shape index (κ2) is 6.03. The van der Waals surface area contributed by atoms with E-state index in [-0.39, 0.29) is 17.3 Å². The van der Waals surface area contributed by atoms with Crippen LogP contribution in [0.25, 0.3) is 0 Å². The lowest BCUT2D eigenvalue weighted by atomic mass is 10.0. The summed E-state index contributed by atoms with van der Waals surface area (Å²) in [4.78, 5) is 21.5. The smallest absolute Gasteiger partial charge is 0.326 e. The molecular formula is C12H16N2O5. The van der Waals surface area contributed by atoms with Crippen molar-refractivity contribution in [2.75, 3.05) is 12.4 Å². The summed E-state index contributed by atoms with van der Waals surface area (Å²) in [5.41, 5.74) is -0.0573. The van der Waals surface area contributed by atoms with Crippen LogP contribution in [0.2, 0.25) is 0 Å². The molecule has 1 unspecified atom stereocenters. The number of hydrogen-bond donors (Lipinski definition) is 2. The molecule has 1 aromatic rings. The quantitative estimate of drug-likeness (QED) is 0.605. The lowest BCUT2D eigenvalue weighted by Crippen LogP contribution is -2.34. The second-order valence-corrected chi connectivity index (χ2v) is 4.34. The number of ether oxygens (including phenoxy) is 1. The molecule has 0 aliphatic rings. The molecular weight excluding hydrogens is 252 g/mol. The highest BCUT2D eigenvalue weighted by atomic mass is 16.6. The van der Waals surface area contributed by atoms with Gasteiger partial charge in [0.1, 0.15) is 17.5 Å². The van der Waals surface area contributed by atoms with Gasteiger partial charge in [0.05, 0.1) is 12.0 Å². The van der Waals surface area contributed by atoms with Crippen LogP contribution in [0.5, 0.6) is 5.75 Å². The van der Waals surface area contributed by atoms with Crippen LogP contribution in [0.1, 0.15) is 13.8 Å². The van der Waals surface area contributed by atoms with E-state index in [0.29, 0.717) is 5.75 Å². The number of carbonyl (C=O) groups is 1. The maximum Gasteiger partial charge on any atom is 0.326 e. The van der Waals surface area contributed by atoms with Gasteiger partial charge in [-0.25, -0.2) is 4.79 Å². The van der Waals surface area contributed by atoms with E-state index in [1.807, 2.05) is 0 Å². The molecule has 0 heterocycles. The maximum absolute atomic E-state index is 11.1. The monoisotopic (exact) mass is 268 g/mol. The number of carboxylic acids is 1. The number of benzene rings is 1. The van der Waals surface area contributed by atoms with Crippen LogP contribution >= 0.6 is 0 Å². The van der Waals surface area contributed by atoms with E-state index in [9.17, 15) is 14.9 Å². The lowest BCUT2D eigenvalue weighted by Gasteiger charge is -2.19. The summed E-state index contributed by atoms with van der Waals surface area (Å²) in [7, 11) is 1.43. The highest BCUT2D eigenvalue weighted by Gasteiger charge is 2.25. The van der Waals surface area contributed by atoms with E-state index in [1.165, 1.54) is 25.3 Å². The van der Waals surface area contributed by atoms with E-state index in [2.05, 4.69) is 5.32 Å². The summed E-state index contributed by atoms with van der Waals surface area (Å²) in [5, 5.41) is 22.7. The van der Waals surface area contributed by atoms with Crippen LogP contribution in [-0.4, -0.2) is 29.2 Å². The number of methoxy groups -OCH3 is 1. The first kappa shape index (κ1) is 14.7. The number of nitro benzene ring substituents is 1. The number of anilines is 1. The van der Waals surface area contributed by atoms with E-state index in [1.54, 1.807) is 13.8 Å². The Morgan fingerprint density at radius 3 is 2.53 bits per heavy atom. The molecule has 0 amide bonds. The van der Waals surface area contributed by atoms with Gasteiger partial charge in [0, 0.05) is 12.1 Å². The number of hydrogen-bond acceptors (Lipinski definition) is 5. The largest absolute Gasteiger partial charge is 0.497 e. The van der Waals surface area contributed by atoms with Crippen LogP contribution < -0.4 is 10.1 Å². The van der Waals surface area contributed by atoms with E-state index in [4.69, 9.17) is 9.84 Å². The standard InChI is InChI=1S/C12H16N2O5/c1-7(2)11(12(15)16)13-9-6-8(19-3)4-5-10(9)14(17)18/h4-7,11,13H,1-3H3,(H,15,16). The fourth-order valence-electron chi connectivity index (χ4n) is 1.60. The molecule has 0 bridgehead atoms. The molecule has 7 heteroatoms. The Labute approximate surface area is 110 Å². The number of nitro groups is 1. The molecule has 0 radical (unpaired) electrons. The highest BCUT2D eigenvalue weighted by molar-refractivity contribution is 5.79. The number of carboxylic acid groups (broad SMARTS) is 1. The van der Waals surface area contributed by atoms with Gasteiger partial charge < -0.3 is 15.2 Å². The molecule has 7 nitrogen and oxygen atoms in total. The first-order chi connectivity index (χ1) is 8.86. The molecule has 104 valence electrons. The molecule has 0 aliphatic carbocycles. The van der Waals surface area contributed by atoms with Gasteiger partial charge in [0.25, 0.3) is 5.69 Å². The molecule has 0 saturated carbocycles. The van der Waals surface area contributed by atoms with Gasteiger partial charge >= 0.3 is 5.97 Å². The van der Waals surface area contributed by atoms with Gasteiger partial charge in [0.2, 0.25) is 0 Å². The van der Waals surface area contributed by atoms with Crippen LogP contribution in [0, 0.1) is 16.0 Å². The highest BCUT2D eigenvalue weighted by Crippen LogP contribution is 2.30. The van der Waals surface area contributed by atoms with E-state index in [0.717, 1.165) is 0 Å². The van der Waals surface area contributed by atoms with Crippen molar-refractivity contribution < 1.29 is 19.6 Å². The molecule has 0 spiro atoms. The Balaban J connectivity index is 3.15. The van der Waals surface area contributed by atoms with Crippen LogP contribution in [-0.2, 0) is 4.79 Å². The molecule has 0 saturated heterocycles. The number of nitrogens with zero attached hydrogens (tertiary/aromatic N) is 1. The minimum atomic E-state index is -1.06. The van der Waals surface area contributed by atoms with Crippen LogP contribution in [0.3, 0.4) is 0 Å². The summed E-state index contributed by atoms with van der Waals surface area (Å²) in [6, 6.07) is 3.23. The number of nitrogens with one attached hydrogen (secondary N) is 1. The normalized spacial score (nSPS) is 12.0. The Morgan fingerprint density at radius 2 is 2.11 bits per heavy atom. The van der Waals surface area contributed by atoms with Gasteiger partial charge in [-0.2, -0.15) is 0 Å². The first-order valence-electron chi connectivity index (χ1n) is 5.68. The topological polar surface area (TPSA) is 102 Å². The zero-order chi connectivity index (χ0) is 14.6. The van der Waals surface area contributed by atoms with Crippen molar-refractivity contribution in [3.05, 3.63) is 28.3 Å². The summed E-state index contributed by atoms with van der Waals surface area (Å²) in [6.07, 6.45) is 0. The predicted octanol–water partition coefficient (Wildman–Crippen LogP) is 2.12. The van der Waals surface area contributed by atoms with E-state index < -0.39 is 16.9 Å². The molecule has 0 aromatic heterocycles.